The van der Waals surface area contributed by atoms with Crippen molar-refractivity contribution < 1.29 is 14.3 Å². The van der Waals surface area contributed by atoms with Crippen molar-refractivity contribution >= 4 is 34.1 Å². The highest BCUT2D eigenvalue weighted by molar-refractivity contribution is 6.34. The number of ether oxygens (including phenoxy) is 2. The van der Waals surface area contributed by atoms with Crippen molar-refractivity contribution in [2.75, 3.05) is 18.5 Å². The number of aryl methyl sites for hydroxylation is 2. The summed E-state index contributed by atoms with van der Waals surface area (Å²) in [5, 5.41) is 4.20. The molecule has 0 aliphatic carbocycles. The molecule has 2 heterocycles. The fraction of sp³-hybridized carbons (Fsp3) is 0.238. The lowest BCUT2D eigenvalue weighted by Gasteiger charge is -2.13. The summed E-state index contributed by atoms with van der Waals surface area (Å²) in [4.78, 5) is 17.4. The van der Waals surface area contributed by atoms with Crippen LogP contribution < -0.4 is 14.8 Å². The van der Waals surface area contributed by atoms with Crippen molar-refractivity contribution in [2.45, 2.75) is 20.3 Å². The van der Waals surface area contributed by atoms with Crippen LogP contribution in [0, 0.1) is 13.8 Å². The van der Waals surface area contributed by atoms with Crippen LogP contribution in [0.25, 0.3) is 10.9 Å². The summed E-state index contributed by atoms with van der Waals surface area (Å²) < 4.78 is 11.3. The molecule has 3 aromatic rings. The molecule has 1 amide bonds. The molecule has 0 saturated heterocycles. The first kappa shape index (κ1) is 17.6. The van der Waals surface area contributed by atoms with E-state index in [1.807, 2.05) is 38.1 Å². The van der Waals surface area contributed by atoms with E-state index in [1.54, 1.807) is 12.1 Å². The van der Waals surface area contributed by atoms with Crippen LogP contribution in [0.2, 0.25) is 5.02 Å². The Labute approximate surface area is 162 Å². The van der Waals surface area contributed by atoms with E-state index in [1.165, 1.54) is 0 Å². The molecule has 1 aromatic heterocycles. The molecule has 2 aromatic carbocycles. The van der Waals surface area contributed by atoms with E-state index in [-0.39, 0.29) is 5.91 Å². The molecule has 1 aliphatic rings. The largest absolute Gasteiger partial charge is 0.490 e. The van der Waals surface area contributed by atoms with E-state index >= 15 is 0 Å². The Morgan fingerprint density at radius 3 is 2.59 bits per heavy atom. The van der Waals surface area contributed by atoms with Gasteiger partial charge in [-0.1, -0.05) is 23.2 Å². The fourth-order valence-corrected chi connectivity index (χ4v) is 3.29. The summed E-state index contributed by atoms with van der Waals surface area (Å²) in [6, 6.07) is 11.2. The van der Waals surface area contributed by atoms with Crippen LogP contribution in [0.5, 0.6) is 11.5 Å². The summed E-state index contributed by atoms with van der Waals surface area (Å²) in [6.07, 6.45) is 0.801. The Balaban J connectivity index is 1.67. The molecule has 0 fully saturated rings. The van der Waals surface area contributed by atoms with Gasteiger partial charge in [0.05, 0.1) is 40.7 Å². The van der Waals surface area contributed by atoms with Gasteiger partial charge in [0.15, 0.2) is 11.5 Å². The Bertz CT molecular complexity index is 1050. The highest BCUT2D eigenvalue weighted by Gasteiger charge is 2.18. The highest BCUT2D eigenvalue weighted by atomic mass is 35.5. The molecule has 0 unspecified atom stereocenters. The lowest BCUT2D eigenvalue weighted by Crippen LogP contribution is -2.14. The van der Waals surface area contributed by atoms with Crippen LogP contribution in [-0.2, 0) is 0 Å². The lowest BCUT2D eigenvalue weighted by molar-refractivity contribution is 0.102. The number of nitrogens with one attached hydrogen (secondary N) is 1. The number of aromatic nitrogens is 1. The van der Waals surface area contributed by atoms with Crippen LogP contribution >= 0.6 is 11.6 Å². The smallest absolute Gasteiger partial charge is 0.257 e. The van der Waals surface area contributed by atoms with Gasteiger partial charge in [-0.05, 0) is 32.0 Å². The number of anilines is 1. The average molecular weight is 383 g/mol. The van der Waals surface area contributed by atoms with Crippen molar-refractivity contribution in [1.29, 1.82) is 0 Å². The maximum absolute atomic E-state index is 12.9. The molecule has 138 valence electrons. The van der Waals surface area contributed by atoms with Crippen LogP contribution in [0.4, 0.5) is 5.69 Å². The Kier molecular flexibility index (Phi) is 4.62. The number of nitrogens with zero attached hydrogens (tertiary/aromatic N) is 1. The molecule has 0 spiro atoms. The molecule has 5 nitrogen and oxygen atoms in total. The molecule has 1 N–H and O–H groups in total. The number of rotatable bonds is 2. The van der Waals surface area contributed by atoms with E-state index in [9.17, 15) is 4.79 Å². The number of benzene rings is 2. The highest BCUT2D eigenvalue weighted by Crippen LogP contribution is 2.38. The second-order valence-electron chi connectivity index (χ2n) is 6.60. The maximum Gasteiger partial charge on any atom is 0.257 e. The number of fused-ring (bicyclic) bond motifs is 2. The van der Waals surface area contributed by atoms with Gasteiger partial charge in [0.2, 0.25) is 0 Å². The van der Waals surface area contributed by atoms with E-state index < -0.39 is 0 Å². The van der Waals surface area contributed by atoms with Crippen LogP contribution in [0.3, 0.4) is 0 Å². The van der Waals surface area contributed by atoms with Crippen molar-refractivity contribution in [3.63, 3.8) is 0 Å². The minimum absolute atomic E-state index is 0.264. The summed E-state index contributed by atoms with van der Waals surface area (Å²) >= 11 is 6.34. The number of amides is 1. The SMILES string of the molecule is Cc1ccc2nc(C)c(C(=O)Nc3cc4c(cc3Cl)OCCCO4)cc2c1. The van der Waals surface area contributed by atoms with Gasteiger partial charge < -0.3 is 14.8 Å². The van der Waals surface area contributed by atoms with Gasteiger partial charge in [0.25, 0.3) is 5.91 Å². The Morgan fingerprint density at radius 2 is 1.81 bits per heavy atom. The first-order chi connectivity index (χ1) is 13.0. The van der Waals surface area contributed by atoms with Crippen molar-refractivity contribution in [3.05, 3.63) is 58.2 Å². The van der Waals surface area contributed by atoms with Crippen LogP contribution in [0.1, 0.15) is 28.0 Å². The van der Waals surface area contributed by atoms with E-state index in [0.29, 0.717) is 46.7 Å². The number of carbonyl (C=O) groups is 1. The van der Waals surface area contributed by atoms with Gasteiger partial charge in [-0.2, -0.15) is 0 Å². The molecular formula is C21H19ClN2O3. The third kappa shape index (κ3) is 3.55. The molecule has 6 heteroatoms. The third-order valence-electron chi connectivity index (χ3n) is 4.49. The molecular weight excluding hydrogens is 364 g/mol. The van der Waals surface area contributed by atoms with Gasteiger partial charge in [0, 0.05) is 23.9 Å². The number of pyridine rings is 1. The minimum atomic E-state index is -0.264. The molecule has 27 heavy (non-hydrogen) atoms. The second-order valence-corrected chi connectivity index (χ2v) is 7.01. The zero-order valence-electron chi connectivity index (χ0n) is 15.1. The van der Waals surface area contributed by atoms with Gasteiger partial charge >= 0.3 is 0 Å². The van der Waals surface area contributed by atoms with Gasteiger partial charge in [-0.15, -0.1) is 0 Å². The number of halogens is 1. The standard InChI is InChI=1S/C21H19ClN2O3/c1-12-4-5-17-14(8-12)9-15(13(2)23-17)21(25)24-18-11-20-19(10-16(18)22)26-6-3-7-27-20/h4-5,8-11H,3,6-7H2,1-2H3,(H,24,25). The summed E-state index contributed by atoms with van der Waals surface area (Å²) in [7, 11) is 0. The van der Waals surface area contributed by atoms with Crippen LogP contribution in [0.15, 0.2) is 36.4 Å². The van der Waals surface area contributed by atoms with Crippen LogP contribution in [-0.4, -0.2) is 24.1 Å². The molecule has 4 rings (SSSR count). The average Bonchev–Trinajstić information content (AvgIpc) is 2.86. The fourth-order valence-electron chi connectivity index (χ4n) is 3.09. The lowest BCUT2D eigenvalue weighted by atomic mass is 10.1. The van der Waals surface area contributed by atoms with Gasteiger partial charge in [0.1, 0.15) is 0 Å². The number of hydrogen-bond donors (Lipinski definition) is 1. The Morgan fingerprint density at radius 1 is 1.07 bits per heavy atom. The predicted octanol–water partition coefficient (Wildman–Crippen LogP) is 4.92. The first-order valence-electron chi connectivity index (χ1n) is 8.80. The second kappa shape index (κ2) is 7.08. The third-order valence-corrected chi connectivity index (χ3v) is 4.80. The van der Waals surface area contributed by atoms with E-state index in [2.05, 4.69) is 10.3 Å². The predicted molar refractivity (Wildman–Crippen MR) is 106 cm³/mol. The van der Waals surface area contributed by atoms with Crippen molar-refractivity contribution in [2.24, 2.45) is 0 Å². The monoisotopic (exact) mass is 382 g/mol. The summed E-state index contributed by atoms with van der Waals surface area (Å²) in [5.74, 6) is 0.908. The van der Waals surface area contributed by atoms with Crippen molar-refractivity contribution in [3.8, 4) is 11.5 Å². The Hall–Kier alpha value is -2.79. The molecule has 0 bridgehead atoms. The zero-order valence-corrected chi connectivity index (χ0v) is 15.9. The molecule has 0 radical (unpaired) electrons. The maximum atomic E-state index is 12.9. The normalized spacial score (nSPS) is 13.3. The number of carbonyl (C=O) groups excluding carboxylic acids is 1. The topological polar surface area (TPSA) is 60.5 Å². The van der Waals surface area contributed by atoms with E-state index in [0.717, 1.165) is 22.9 Å². The van der Waals surface area contributed by atoms with E-state index in [4.69, 9.17) is 21.1 Å². The van der Waals surface area contributed by atoms with Crippen molar-refractivity contribution in [1.82, 2.24) is 4.98 Å². The number of hydrogen-bond acceptors (Lipinski definition) is 4. The summed E-state index contributed by atoms with van der Waals surface area (Å²) in [5.41, 5.74) is 3.63. The zero-order chi connectivity index (χ0) is 19.0. The molecule has 1 aliphatic heterocycles. The molecule has 0 saturated carbocycles. The molecule has 0 atom stereocenters. The first-order valence-corrected chi connectivity index (χ1v) is 9.17. The minimum Gasteiger partial charge on any atom is -0.490 e. The van der Waals surface area contributed by atoms with Gasteiger partial charge in [-0.3, -0.25) is 9.78 Å². The summed E-state index contributed by atoms with van der Waals surface area (Å²) in [6.45, 7) is 4.98. The van der Waals surface area contributed by atoms with Gasteiger partial charge in [-0.25, -0.2) is 0 Å². The quantitative estimate of drug-likeness (QED) is 0.683.